The fraction of sp³-hybridized carbons (Fsp3) is 0.857. The van der Waals surface area contributed by atoms with E-state index in [0.717, 1.165) is 0 Å². The van der Waals surface area contributed by atoms with Gasteiger partial charge in [0.25, 0.3) is 0 Å². The Balaban J connectivity index is 4.61. The molecule has 0 saturated carbocycles. The molecule has 0 heterocycles. The van der Waals surface area contributed by atoms with E-state index in [9.17, 15) is 8.42 Å². The quantitative estimate of drug-likeness (QED) is 0.412. The van der Waals surface area contributed by atoms with Crippen LogP contribution in [0.5, 0.6) is 0 Å². The first-order valence-corrected chi connectivity index (χ1v) is 5.41. The lowest BCUT2D eigenvalue weighted by molar-refractivity contribution is 0.320. The predicted octanol–water partition coefficient (Wildman–Crippen LogP) is 1.05. The highest BCUT2D eigenvalue weighted by molar-refractivity contribution is 7.92. The standard InChI is InChI=1S/C7H15NO3S/c1-4-12(10,11)7(2,3)5-6-8-9/h6,9H,4-5H2,1-3H3. The largest absolute Gasteiger partial charge is 0.411 e. The molecule has 72 valence electrons. The van der Waals surface area contributed by atoms with Crippen molar-refractivity contribution in [3.8, 4) is 0 Å². The number of hydrogen-bond acceptors (Lipinski definition) is 4. The van der Waals surface area contributed by atoms with Gasteiger partial charge in [-0.15, -0.1) is 5.16 Å². The second kappa shape index (κ2) is 3.89. The summed E-state index contributed by atoms with van der Waals surface area (Å²) in [5, 5.41) is 10.9. The Morgan fingerprint density at radius 2 is 2.00 bits per heavy atom. The van der Waals surface area contributed by atoms with E-state index in [1.54, 1.807) is 20.8 Å². The molecule has 0 spiro atoms. The summed E-state index contributed by atoms with van der Waals surface area (Å²) in [5.74, 6) is 0.110. The third kappa shape index (κ3) is 2.48. The Morgan fingerprint density at radius 3 is 2.33 bits per heavy atom. The second-order valence-corrected chi connectivity index (χ2v) is 6.08. The van der Waals surface area contributed by atoms with Crippen molar-refractivity contribution in [2.24, 2.45) is 5.16 Å². The first-order chi connectivity index (χ1) is 5.37. The zero-order chi connectivity index (χ0) is 9.83. The molecule has 5 heteroatoms. The average molecular weight is 193 g/mol. The Labute approximate surface area is 73.2 Å². The maximum Gasteiger partial charge on any atom is 0.155 e. The molecular formula is C7H15NO3S. The van der Waals surface area contributed by atoms with Crippen LogP contribution in [0.25, 0.3) is 0 Å². The van der Waals surface area contributed by atoms with Gasteiger partial charge in [0.2, 0.25) is 0 Å². The van der Waals surface area contributed by atoms with E-state index in [-0.39, 0.29) is 12.2 Å². The lowest BCUT2D eigenvalue weighted by Crippen LogP contribution is -2.33. The van der Waals surface area contributed by atoms with Crippen LogP contribution < -0.4 is 0 Å². The molecule has 0 saturated heterocycles. The molecule has 0 atom stereocenters. The maximum absolute atomic E-state index is 11.4. The lowest BCUT2D eigenvalue weighted by atomic mass is 10.1. The zero-order valence-corrected chi connectivity index (χ0v) is 8.43. The molecule has 0 aromatic rings. The van der Waals surface area contributed by atoms with Crippen molar-refractivity contribution in [3.05, 3.63) is 0 Å². The molecule has 4 nitrogen and oxygen atoms in total. The van der Waals surface area contributed by atoms with Crippen molar-refractivity contribution in [3.63, 3.8) is 0 Å². The van der Waals surface area contributed by atoms with Gasteiger partial charge in [-0.3, -0.25) is 0 Å². The van der Waals surface area contributed by atoms with Gasteiger partial charge < -0.3 is 5.21 Å². The van der Waals surface area contributed by atoms with E-state index in [2.05, 4.69) is 5.16 Å². The van der Waals surface area contributed by atoms with Crippen molar-refractivity contribution in [2.45, 2.75) is 31.9 Å². The third-order valence-electron chi connectivity index (χ3n) is 1.89. The summed E-state index contributed by atoms with van der Waals surface area (Å²) in [5.41, 5.74) is 0. The SMILES string of the molecule is CCS(=O)(=O)C(C)(C)CC=NO. The molecule has 0 radical (unpaired) electrons. The first-order valence-electron chi connectivity index (χ1n) is 3.75. The molecule has 12 heavy (non-hydrogen) atoms. The monoisotopic (exact) mass is 193 g/mol. The van der Waals surface area contributed by atoms with Gasteiger partial charge in [0.1, 0.15) is 0 Å². The summed E-state index contributed by atoms with van der Waals surface area (Å²) in [4.78, 5) is 0. The molecule has 0 rings (SSSR count). The van der Waals surface area contributed by atoms with Crippen molar-refractivity contribution in [1.82, 2.24) is 0 Å². The first kappa shape index (κ1) is 11.4. The van der Waals surface area contributed by atoms with Gasteiger partial charge in [-0.05, 0) is 13.8 Å². The molecule has 0 fully saturated rings. The van der Waals surface area contributed by atoms with Gasteiger partial charge in [-0.25, -0.2) is 8.42 Å². The van der Waals surface area contributed by atoms with Crippen LogP contribution in [-0.4, -0.2) is 30.3 Å². The van der Waals surface area contributed by atoms with Crippen molar-refractivity contribution in [2.75, 3.05) is 5.75 Å². The molecule has 0 aliphatic rings. The Morgan fingerprint density at radius 1 is 1.50 bits per heavy atom. The van der Waals surface area contributed by atoms with Gasteiger partial charge in [0.15, 0.2) is 9.84 Å². The van der Waals surface area contributed by atoms with Gasteiger partial charge in [0.05, 0.1) is 4.75 Å². The highest BCUT2D eigenvalue weighted by Crippen LogP contribution is 2.20. The van der Waals surface area contributed by atoms with E-state index >= 15 is 0 Å². The Bertz CT molecular complexity index is 254. The van der Waals surface area contributed by atoms with Crippen LogP contribution in [-0.2, 0) is 9.84 Å². The van der Waals surface area contributed by atoms with Crippen molar-refractivity contribution < 1.29 is 13.6 Å². The average Bonchev–Trinajstić information content (AvgIpc) is 2.00. The minimum atomic E-state index is -3.07. The van der Waals surface area contributed by atoms with E-state index < -0.39 is 14.6 Å². The van der Waals surface area contributed by atoms with E-state index in [0.29, 0.717) is 0 Å². The number of hydrogen-bond donors (Lipinski definition) is 1. The summed E-state index contributed by atoms with van der Waals surface area (Å²) >= 11 is 0. The molecule has 0 aliphatic heterocycles. The molecule has 0 amide bonds. The van der Waals surface area contributed by atoms with Crippen LogP contribution in [0.1, 0.15) is 27.2 Å². The van der Waals surface area contributed by atoms with Gasteiger partial charge in [0, 0.05) is 18.4 Å². The highest BCUT2D eigenvalue weighted by atomic mass is 32.2. The summed E-state index contributed by atoms with van der Waals surface area (Å²) in [6, 6.07) is 0. The molecule has 1 N–H and O–H groups in total. The van der Waals surface area contributed by atoms with Crippen LogP contribution in [0.2, 0.25) is 0 Å². The summed E-state index contributed by atoms with van der Waals surface area (Å²) < 4.78 is 21.9. The Hall–Kier alpha value is -0.580. The minimum absolute atomic E-state index is 0.110. The van der Waals surface area contributed by atoms with E-state index in [1.807, 2.05) is 0 Å². The van der Waals surface area contributed by atoms with Crippen LogP contribution in [0, 0.1) is 0 Å². The summed E-state index contributed by atoms with van der Waals surface area (Å²) in [6.07, 6.45) is 1.44. The van der Waals surface area contributed by atoms with E-state index in [1.165, 1.54) is 6.21 Å². The fourth-order valence-corrected chi connectivity index (χ4v) is 1.89. The minimum Gasteiger partial charge on any atom is -0.411 e. The summed E-state index contributed by atoms with van der Waals surface area (Å²) in [7, 11) is -3.07. The number of rotatable bonds is 4. The predicted molar refractivity (Wildman–Crippen MR) is 48.4 cm³/mol. The third-order valence-corrected chi connectivity index (χ3v) is 4.50. The van der Waals surface area contributed by atoms with Gasteiger partial charge in [-0.2, -0.15) is 0 Å². The lowest BCUT2D eigenvalue weighted by Gasteiger charge is -2.21. The van der Waals surface area contributed by atoms with Crippen LogP contribution >= 0.6 is 0 Å². The van der Waals surface area contributed by atoms with Crippen molar-refractivity contribution >= 4 is 16.1 Å². The van der Waals surface area contributed by atoms with Crippen LogP contribution in [0.15, 0.2) is 5.16 Å². The normalized spacial score (nSPS) is 13.9. The Kier molecular flexibility index (Phi) is 3.70. The molecule has 0 unspecified atom stereocenters. The number of oxime groups is 1. The number of sulfone groups is 1. The molecular weight excluding hydrogens is 178 g/mol. The van der Waals surface area contributed by atoms with Crippen molar-refractivity contribution in [1.29, 1.82) is 0 Å². The number of nitrogens with zero attached hydrogens (tertiary/aromatic N) is 1. The molecule has 0 aliphatic carbocycles. The molecule has 0 bridgehead atoms. The fourth-order valence-electron chi connectivity index (χ4n) is 0.778. The molecule has 0 aromatic carbocycles. The smallest absolute Gasteiger partial charge is 0.155 e. The van der Waals surface area contributed by atoms with Crippen LogP contribution in [0.3, 0.4) is 0 Å². The highest BCUT2D eigenvalue weighted by Gasteiger charge is 2.31. The van der Waals surface area contributed by atoms with Crippen LogP contribution in [0.4, 0.5) is 0 Å². The van der Waals surface area contributed by atoms with Gasteiger partial charge in [-0.1, -0.05) is 6.92 Å². The van der Waals surface area contributed by atoms with E-state index in [4.69, 9.17) is 5.21 Å². The maximum atomic E-state index is 11.4. The second-order valence-electron chi connectivity index (χ2n) is 3.17. The zero-order valence-electron chi connectivity index (χ0n) is 7.61. The topological polar surface area (TPSA) is 66.7 Å². The molecule has 0 aromatic heterocycles. The summed E-state index contributed by atoms with van der Waals surface area (Å²) in [6.45, 7) is 4.84. The van der Waals surface area contributed by atoms with Gasteiger partial charge >= 0.3 is 0 Å².